The summed E-state index contributed by atoms with van der Waals surface area (Å²) in [5.41, 5.74) is 1.76. The molecule has 11 amide bonds. The molecule has 9 N–H and O–H groups in total. The first kappa shape index (κ1) is 83.4. The molecule has 0 aromatic heterocycles. The number of benzene rings is 3. The summed E-state index contributed by atoms with van der Waals surface area (Å²) in [4.78, 5) is 156. The molecule has 3 aromatic carbocycles. The van der Waals surface area contributed by atoms with Crippen LogP contribution in [0.4, 0.5) is 15.3 Å². The van der Waals surface area contributed by atoms with Gasteiger partial charge in [0.1, 0.15) is 37.9 Å². The van der Waals surface area contributed by atoms with Crippen LogP contribution in [0, 0.1) is 23.7 Å². The van der Waals surface area contributed by atoms with Crippen LogP contribution < -0.4 is 42.5 Å². The Hall–Kier alpha value is -8.99. The van der Waals surface area contributed by atoms with Gasteiger partial charge in [-0.2, -0.15) is 0 Å². The molecular formula is C72H108N12O16. The van der Waals surface area contributed by atoms with E-state index in [1.165, 1.54) is 50.4 Å². The first-order valence-electron chi connectivity index (χ1n) is 34.1. The lowest BCUT2D eigenvalue weighted by Gasteiger charge is -2.41. The number of anilines is 1. The first-order valence-corrected chi connectivity index (χ1v) is 34.1. The van der Waals surface area contributed by atoms with Crippen LogP contribution in [0.1, 0.15) is 121 Å². The maximum Gasteiger partial charge on any atom is 0.410 e. The number of rotatable bonds is 40. The number of carbonyl (C=O) groups is 11. The second-order valence-electron chi connectivity index (χ2n) is 26.2. The van der Waals surface area contributed by atoms with Gasteiger partial charge in [0.15, 0.2) is 0 Å². The maximum atomic E-state index is 14.9. The molecule has 1 saturated heterocycles. The fraction of sp³-hybridized carbons (Fsp3) is 0.569. The van der Waals surface area contributed by atoms with E-state index in [1.54, 1.807) is 96.0 Å². The van der Waals surface area contributed by atoms with Gasteiger partial charge in [0.25, 0.3) is 5.91 Å². The van der Waals surface area contributed by atoms with Crippen LogP contribution in [0.5, 0.6) is 0 Å². The largest absolute Gasteiger partial charge is 0.445 e. The number of carbonyl (C=O) groups excluding carboxylic acids is 11. The molecule has 0 aliphatic carbocycles. The number of hydrogen-bond acceptors (Lipinski definition) is 17. The van der Waals surface area contributed by atoms with Gasteiger partial charge in [-0.05, 0) is 87.8 Å². The van der Waals surface area contributed by atoms with Crippen LogP contribution >= 0.6 is 0 Å². The van der Waals surface area contributed by atoms with E-state index in [2.05, 4.69) is 49.1 Å². The standard InChI is InChI=1S/C72H108N12O16/c1-16-36-99-71(95)76-40-57(85)74-41-59(87)79-54(37-49-26-20-18-21-27-49)68(92)75-42-58(86)78-52-32-31-51(53(38-52)67(91)73-33-25-34-81(10)11)43-100-72(96)83(13)62(45(5)6)69(93)80-61(44(3)4)70(94)82(12)63(46(7)17-2)56(97-14)39-60(88)84-35-24-30-55(84)65(98-15)47(8)66(90)77-48(9)64(89)50-28-22-19-23-29-50/h16,18-23,26-29,31-32,38,44-48,54-56,61-65,89H,1,17,24-25,30,33-37,39-43H2,2-15H3,(H,73,91)(H,74,85)(H,75,92)(H,76,95)(H,77,90)(H,78,86)(H,79,87)(H,80,93)/t46-,47+,48+,54-,55-,56+,61-,62-,63-,64+,65+/m0/s1. The summed E-state index contributed by atoms with van der Waals surface area (Å²) in [5, 5.41) is 32.1. The number of likely N-dealkylation sites (N-methyl/N-ethyl adjacent to an activating group) is 2. The summed E-state index contributed by atoms with van der Waals surface area (Å²) in [5.74, 6) is -7.00. The molecule has 1 fully saturated rings. The number of hydrogen-bond donors (Lipinski definition) is 9. The molecule has 0 radical (unpaired) electrons. The number of alkyl carbamates (subject to hydrolysis) is 1. The third kappa shape index (κ3) is 25.9. The number of aliphatic hydroxyl groups is 1. The SMILES string of the molecule is C=CCOC(=O)NCC(=O)NCC(=O)N[C@@H](Cc1ccccc1)C(=O)NCC(=O)Nc1ccc(COC(=O)N(C)[C@H](C(=O)N[C@H](C(=O)N(C)[C@@H]([C@@H](C)CC)[C@@H](CC(=O)N2CCC[C@H]2[C@H](OC)[C@@H](C)C(=O)N[C@H](C)[C@@H](O)c2ccccc2)OC)C(C)C)C(C)C)c(C(=O)NCCCN(C)C)c1. The Labute approximate surface area is 588 Å². The van der Waals surface area contributed by atoms with Gasteiger partial charge in [0.05, 0.1) is 61.9 Å². The molecule has 1 heterocycles. The Morgan fingerprint density at radius 3 is 1.97 bits per heavy atom. The van der Waals surface area contributed by atoms with E-state index < -0.39 is 152 Å². The lowest BCUT2D eigenvalue weighted by atomic mass is 9.89. The van der Waals surface area contributed by atoms with Gasteiger partial charge in [0.2, 0.25) is 47.3 Å². The van der Waals surface area contributed by atoms with Crippen molar-refractivity contribution >= 4 is 71.0 Å². The Morgan fingerprint density at radius 2 is 1.36 bits per heavy atom. The molecule has 0 unspecified atom stereocenters. The van der Waals surface area contributed by atoms with Crippen LogP contribution in [0.15, 0.2) is 91.5 Å². The van der Waals surface area contributed by atoms with E-state index in [4.69, 9.17) is 18.9 Å². The molecule has 28 heteroatoms. The summed E-state index contributed by atoms with van der Waals surface area (Å²) < 4.78 is 22.7. The van der Waals surface area contributed by atoms with Crippen molar-refractivity contribution in [3.8, 4) is 0 Å². The Morgan fingerprint density at radius 1 is 0.710 bits per heavy atom. The zero-order valence-corrected chi connectivity index (χ0v) is 60.6. The molecule has 28 nitrogen and oxygen atoms in total. The molecule has 1 aliphatic rings. The normalized spacial score (nSPS) is 15.8. The van der Waals surface area contributed by atoms with Crippen molar-refractivity contribution in [1.29, 1.82) is 0 Å². The third-order valence-corrected chi connectivity index (χ3v) is 17.7. The van der Waals surface area contributed by atoms with Gasteiger partial charge < -0.3 is 81.3 Å². The number of methoxy groups -OCH3 is 2. The Balaban J connectivity index is 1.46. The van der Waals surface area contributed by atoms with Crippen molar-refractivity contribution in [2.24, 2.45) is 23.7 Å². The minimum Gasteiger partial charge on any atom is -0.445 e. The third-order valence-electron chi connectivity index (χ3n) is 17.7. The van der Waals surface area contributed by atoms with E-state index in [1.807, 2.05) is 51.0 Å². The first-order chi connectivity index (χ1) is 47.5. The number of likely N-dealkylation sites (tertiary alicyclic amines) is 1. The summed E-state index contributed by atoms with van der Waals surface area (Å²) >= 11 is 0. The van der Waals surface area contributed by atoms with Crippen molar-refractivity contribution in [3.63, 3.8) is 0 Å². The highest BCUT2D eigenvalue weighted by Gasteiger charge is 2.44. The lowest BCUT2D eigenvalue weighted by molar-refractivity contribution is -0.148. The predicted molar refractivity (Wildman–Crippen MR) is 377 cm³/mol. The molecule has 11 atom stereocenters. The van der Waals surface area contributed by atoms with Gasteiger partial charge in [-0.25, -0.2) is 9.59 Å². The average molecular weight is 1400 g/mol. The van der Waals surface area contributed by atoms with E-state index in [0.717, 1.165) is 4.90 Å². The molecule has 3 aromatic rings. The van der Waals surface area contributed by atoms with Crippen LogP contribution in [0.2, 0.25) is 0 Å². The van der Waals surface area contributed by atoms with Gasteiger partial charge in [-0.15, -0.1) is 0 Å². The minimum absolute atomic E-state index is 0.0139. The van der Waals surface area contributed by atoms with E-state index in [0.29, 0.717) is 49.9 Å². The van der Waals surface area contributed by atoms with Crippen LogP contribution in [-0.2, 0) is 70.3 Å². The van der Waals surface area contributed by atoms with Crippen LogP contribution in [0.25, 0.3) is 0 Å². The highest BCUT2D eigenvalue weighted by Crippen LogP contribution is 2.31. The Kier molecular flexibility index (Phi) is 35.2. The summed E-state index contributed by atoms with van der Waals surface area (Å²) in [6, 6.07) is 16.9. The topological polar surface area (TPSA) is 354 Å². The number of amides is 11. The fourth-order valence-electron chi connectivity index (χ4n) is 12.0. The van der Waals surface area contributed by atoms with Crippen LogP contribution in [0.3, 0.4) is 0 Å². The quantitative estimate of drug-likeness (QED) is 0.0286. The van der Waals surface area contributed by atoms with E-state index >= 15 is 0 Å². The molecule has 0 bridgehead atoms. The van der Waals surface area contributed by atoms with Gasteiger partial charge >= 0.3 is 12.2 Å². The monoisotopic (exact) mass is 1400 g/mol. The smallest absolute Gasteiger partial charge is 0.410 e. The summed E-state index contributed by atoms with van der Waals surface area (Å²) in [6.07, 6.45) is -0.552. The number of nitrogens with one attached hydrogen (secondary N) is 8. The highest BCUT2D eigenvalue weighted by atomic mass is 16.6. The molecule has 4 rings (SSSR count). The molecule has 552 valence electrons. The van der Waals surface area contributed by atoms with Crippen molar-refractivity contribution in [1.82, 2.24) is 56.8 Å². The van der Waals surface area contributed by atoms with Gasteiger partial charge in [0, 0.05) is 64.6 Å². The van der Waals surface area contributed by atoms with Gasteiger partial charge in [-0.1, -0.05) is 134 Å². The summed E-state index contributed by atoms with van der Waals surface area (Å²) in [6.45, 7) is 17.1. The maximum absolute atomic E-state index is 14.9. The lowest BCUT2D eigenvalue weighted by Crippen LogP contribution is -2.60. The van der Waals surface area contributed by atoms with Crippen molar-refractivity contribution < 1.29 is 76.8 Å². The molecular weight excluding hydrogens is 1290 g/mol. The predicted octanol–water partition coefficient (Wildman–Crippen LogP) is 4.07. The molecule has 0 spiro atoms. The number of ether oxygens (including phenoxy) is 4. The van der Waals surface area contributed by atoms with Crippen molar-refractivity contribution in [2.45, 2.75) is 155 Å². The molecule has 0 saturated carbocycles. The fourth-order valence-corrected chi connectivity index (χ4v) is 12.0. The van der Waals surface area contributed by atoms with E-state index in [9.17, 15) is 57.8 Å². The second kappa shape index (κ2) is 42.2. The molecule has 1 aliphatic heterocycles. The highest BCUT2D eigenvalue weighted by molar-refractivity contribution is 6.00. The minimum atomic E-state index is -1.20. The zero-order valence-electron chi connectivity index (χ0n) is 60.6. The van der Waals surface area contributed by atoms with E-state index in [-0.39, 0.29) is 60.5 Å². The average Bonchev–Trinajstić information content (AvgIpc) is 1.43. The van der Waals surface area contributed by atoms with Crippen LogP contribution in [-0.4, -0.2) is 227 Å². The Bertz CT molecular complexity index is 3190. The molecule has 100 heavy (non-hydrogen) atoms. The zero-order chi connectivity index (χ0) is 74.3. The summed E-state index contributed by atoms with van der Waals surface area (Å²) in [7, 11) is 9.79. The number of aliphatic hydroxyl groups excluding tert-OH is 1. The van der Waals surface area contributed by atoms with Crippen molar-refractivity contribution in [2.75, 3.05) is 93.6 Å². The number of nitrogens with zero attached hydrogens (tertiary/aromatic N) is 4. The second-order valence-corrected chi connectivity index (χ2v) is 26.2. The van der Waals surface area contributed by atoms with Crippen molar-refractivity contribution in [3.05, 3.63) is 114 Å². The van der Waals surface area contributed by atoms with Gasteiger partial charge in [-0.3, -0.25) is 48.1 Å².